The molecule has 0 aliphatic heterocycles. The Labute approximate surface area is 162 Å². The zero-order valence-electron chi connectivity index (χ0n) is 15.3. The molecule has 3 aromatic rings. The Morgan fingerprint density at radius 1 is 1.00 bits per heavy atom. The van der Waals surface area contributed by atoms with Crippen LogP contribution in [-0.2, 0) is 4.79 Å². The van der Waals surface area contributed by atoms with E-state index in [-0.39, 0.29) is 5.75 Å². The molecule has 0 heterocycles. The van der Waals surface area contributed by atoms with Gasteiger partial charge in [-0.3, -0.25) is 14.9 Å². The predicted octanol–water partition coefficient (Wildman–Crippen LogP) is 3.62. The third-order valence-corrected chi connectivity index (χ3v) is 4.21. The zero-order chi connectivity index (χ0) is 19.9. The van der Waals surface area contributed by atoms with Crippen molar-refractivity contribution in [2.75, 3.05) is 6.54 Å². The summed E-state index contributed by atoms with van der Waals surface area (Å²) in [5.74, 6) is -0.351. The maximum absolute atomic E-state index is 12.7. The average molecular weight is 376 g/mol. The summed E-state index contributed by atoms with van der Waals surface area (Å²) in [6.45, 7) is 2.14. The molecule has 142 valence electrons. The second kappa shape index (κ2) is 8.81. The van der Waals surface area contributed by atoms with Crippen LogP contribution in [0.3, 0.4) is 0 Å². The van der Waals surface area contributed by atoms with Crippen molar-refractivity contribution in [1.82, 2.24) is 10.6 Å². The molecule has 0 spiro atoms. The fourth-order valence-corrected chi connectivity index (χ4v) is 2.91. The lowest BCUT2D eigenvalue weighted by atomic mass is 10.0. The van der Waals surface area contributed by atoms with Crippen LogP contribution in [0, 0.1) is 0 Å². The molecule has 3 amide bonds. The number of nitrogens with one attached hydrogen (secondary N) is 2. The Kier molecular flexibility index (Phi) is 6.01. The van der Waals surface area contributed by atoms with Crippen LogP contribution >= 0.6 is 0 Å². The second-order valence-electron chi connectivity index (χ2n) is 6.07. The van der Waals surface area contributed by atoms with E-state index in [2.05, 4.69) is 10.6 Å². The highest BCUT2D eigenvalue weighted by Crippen LogP contribution is 2.30. The Hall–Kier alpha value is -3.67. The molecular weight excluding hydrogens is 356 g/mol. The van der Waals surface area contributed by atoms with Crippen LogP contribution in [0.25, 0.3) is 10.8 Å². The van der Waals surface area contributed by atoms with Gasteiger partial charge < -0.3 is 10.1 Å². The number of fused-ring (bicyclic) bond motifs is 1. The monoisotopic (exact) mass is 376 g/mol. The molecule has 2 N–H and O–H groups in total. The molecule has 6 nitrogen and oxygen atoms in total. The molecule has 0 aliphatic carbocycles. The van der Waals surface area contributed by atoms with E-state index in [0.717, 1.165) is 10.8 Å². The number of carbonyl (C=O) groups is 3. The van der Waals surface area contributed by atoms with Crippen molar-refractivity contribution >= 4 is 29.0 Å². The van der Waals surface area contributed by atoms with Crippen molar-refractivity contribution < 1.29 is 19.1 Å². The predicted molar refractivity (Wildman–Crippen MR) is 106 cm³/mol. The molecule has 0 aromatic heterocycles. The quantitative estimate of drug-likeness (QED) is 0.644. The standard InChI is InChI=1S/C22H20N2O4/c1-2-23-22(27)24-21(26)20(16-9-4-3-5-10-16)28-19-13-12-15-8-6-7-11-17(15)18(19)14-25/h3-14,20H,2H2,1H3,(H2,23,24,26,27)/t20-/m0/s1. The molecule has 0 saturated heterocycles. The summed E-state index contributed by atoms with van der Waals surface area (Å²) in [6, 6.07) is 19.1. The van der Waals surface area contributed by atoms with Gasteiger partial charge in [0, 0.05) is 12.1 Å². The number of urea groups is 1. The van der Waals surface area contributed by atoms with Gasteiger partial charge in [-0.15, -0.1) is 0 Å². The van der Waals surface area contributed by atoms with Gasteiger partial charge in [-0.1, -0.05) is 60.7 Å². The summed E-state index contributed by atoms with van der Waals surface area (Å²) in [4.78, 5) is 36.2. The molecule has 0 saturated carbocycles. The lowest BCUT2D eigenvalue weighted by Gasteiger charge is -2.20. The maximum atomic E-state index is 12.7. The summed E-state index contributed by atoms with van der Waals surface area (Å²) in [5.41, 5.74) is 0.916. The van der Waals surface area contributed by atoms with Gasteiger partial charge in [0.15, 0.2) is 6.29 Å². The van der Waals surface area contributed by atoms with E-state index in [1.54, 1.807) is 37.3 Å². The number of ether oxygens (including phenoxy) is 1. The first kappa shape index (κ1) is 19.1. The zero-order valence-corrected chi connectivity index (χ0v) is 15.3. The van der Waals surface area contributed by atoms with Gasteiger partial charge in [0.05, 0.1) is 5.56 Å². The minimum absolute atomic E-state index is 0.272. The summed E-state index contributed by atoms with van der Waals surface area (Å²) in [5, 5.41) is 6.40. The van der Waals surface area contributed by atoms with Crippen molar-refractivity contribution in [3.05, 3.63) is 77.9 Å². The molecule has 0 radical (unpaired) electrons. The molecule has 3 aromatic carbocycles. The van der Waals surface area contributed by atoms with Crippen molar-refractivity contribution in [3.63, 3.8) is 0 Å². The first-order valence-electron chi connectivity index (χ1n) is 8.91. The van der Waals surface area contributed by atoms with Crippen molar-refractivity contribution in [2.24, 2.45) is 0 Å². The van der Waals surface area contributed by atoms with E-state index in [1.165, 1.54) is 0 Å². The normalized spacial score (nSPS) is 11.5. The van der Waals surface area contributed by atoms with E-state index in [9.17, 15) is 14.4 Å². The van der Waals surface area contributed by atoms with Crippen LogP contribution < -0.4 is 15.4 Å². The van der Waals surface area contributed by atoms with Gasteiger partial charge in [0.25, 0.3) is 5.91 Å². The van der Waals surface area contributed by atoms with Crippen LogP contribution in [0.4, 0.5) is 4.79 Å². The molecule has 0 unspecified atom stereocenters. The average Bonchev–Trinajstić information content (AvgIpc) is 2.72. The Balaban J connectivity index is 1.98. The molecule has 3 rings (SSSR count). The third kappa shape index (κ3) is 4.17. The van der Waals surface area contributed by atoms with Crippen LogP contribution in [-0.4, -0.2) is 24.8 Å². The van der Waals surface area contributed by atoms with Crippen molar-refractivity contribution in [1.29, 1.82) is 0 Å². The molecule has 0 aliphatic rings. The number of hydrogen-bond acceptors (Lipinski definition) is 4. The molecule has 1 atom stereocenters. The fraction of sp³-hybridized carbons (Fsp3) is 0.136. The van der Waals surface area contributed by atoms with Gasteiger partial charge in [0.1, 0.15) is 5.75 Å². The number of rotatable bonds is 6. The first-order chi connectivity index (χ1) is 13.6. The van der Waals surface area contributed by atoms with Crippen LogP contribution in [0.1, 0.15) is 28.9 Å². The maximum Gasteiger partial charge on any atom is 0.321 e. The summed E-state index contributed by atoms with van der Waals surface area (Å²) in [7, 11) is 0. The molecule has 0 fully saturated rings. The summed E-state index contributed by atoms with van der Waals surface area (Å²) >= 11 is 0. The largest absolute Gasteiger partial charge is 0.475 e. The number of aldehydes is 1. The van der Waals surface area contributed by atoms with Gasteiger partial charge in [-0.2, -0.15) is 0 Å². The van der Waals surface area contributed by atoms with Crippen LogP contribution in [0.15, 0.2) is 66.7 Å². The van der Waals surface area contributed by atoms with Crippen LogP contribution in [0.5, 0.6) is 5.75 Å². The SMILES string of the molecule is CCNC(=O)NC(=O)[C@@H](Oc1ccc2ccccc2c1C=O)c1ccccc1. The minimum atomic E-state index is -1.09. The topological polar surface area (TPSA) is 84.5 Å². The minimum Gasteiger partial charge on any atom is -0.475 e. The van der Waals surface area contributed by atoms with Gasteiger partial charge >= 0.3 is 6.03 Å². The molecule has 0 bridgehead atoms. The lowest BCUT2D eigenvalue weighted by molar-refractivity contribution is -0.127. The molecular formula is C22H20N2O4. The molecule has 28 heavy (non-hydrogen) atoms. The lowest BCUT2D eigenvalue weighted by Crippen LogP contribution is -2.42. The van der Waals surface area contributed by atoms with E-state index in [1.807, 2.05) is 36.4 Å². The number of carbonyl (C=O) groups excluding carboxylic acids is 3. The third-order valence-electron chi connectivity index (χ3n) is 4.21. The Morgan fingerprint density at radius 3 is 2.43 bits per heavy atom. The highest BCUT2D eigenvalue weighted by molar-refractivity contribution is 6.01. The van der Waals surface area contributed by atoms with E-state index < -0.39 is 18.0 Å². The van der Waals surface area contributed by atoms with Gasteiger partial charge in [-0.25, -0.2) is 4.79 Å². The number of benzene rings is 3. The summed E-state index contributed by atoms with van der Waals surface area (Å²) in [6.07, 6.45) is -0.384. The number of amides is 3. The summed E-state index contributed by atoms with van der Waals surface area (Å²) < 4.78 is 5.95. The highest BCUT2D eigenvalue weighted by Gasteiger charge is 2.25. The Morgan fingerprint density at radius 2 is 1.71 bits per heavy atom. The molecule has 6 heteroatoms. The Bertz CT molecular complexity index is 1000. The van der Waals surface area contributed by atoms with E-state index in [4.69, 9.17) is 4.74 Å². The van der Waals surface area contributed by atoms with Crippen molar-refractivity contribution in [3.8, 4) is 5.75 Å². The van der Waals surface area contributed by atoms with Crippen molar-refractivity contribution in [2.45, 2.75) is 13.0 Å². The number of imide groups is 1. The van der Waals surface area contributed by atoms with E-state index >= 15 is 0 Å². The van der Waals surface area contributed by atoms with Gasteiger partial charge in [-0.05, 0) is 23.8 Å². The number of hydrogen-bond donors (Lipinski definition) is 2. The second-order valence-corrected chi connectivity index (χ2v) is 6.07. The van der Waals surface area contributed by atoms with Gasteiger partial charge in [0.2, 0.25) is 6.10 Å². The van der Waals surface area contributed by atoms with Crippen LogP contribution in [0.2, 0.25) is 0 Å². The first-order valence-corrected chi connectivity index (χ1v) is 8.91. The highest BCUT2D eigenvalue weighted by atomic mass is 16.5. The fourth-order valence-electron chi connectivity index (χ4n) is 2.91. The van der Waals surface area contributed by atoms with E-state index in [0.29, 0.717) is 24.0 Å². The smallest absolute Gasteiger partial charge is 0.321 e.